The molecule has 108 valence electrons. The zero-order valence-corrected chi connectivity index (χ0v) is 13.4. The molecule has 1 unspecified atom stereocenters. The summed E-state index contributed by atoms with van der Waals surface area (Å²) < 4.78 is 19.0. The molecule has 1 atom stereocenters. The Morgan fingerprint density at radius 1 is 1.50 bits per heavy atom. The Labute approximate surface area is 129 Å². The number of benzene rings is 1. The van der Waals surface area contributed by atoms with Gasteiger partial charge in [-0.25, -0.2) is 4.39 Å². The lowest BCUT2D eigenvalue weighted by Gasteiger charge is -2.16. The van der Waals surface area contributed by atoms with E-state index in [1.54, 1.807) is 19.2 Å². The van der Waals surface area contributed by atoms with E-state index >= 15 is 0 Å². The number of carbonyl (C=O) groups excluding carboxylic acids is 1. The molecule has 0 saturated heterocycles. The zero-order valence-electron chi connectivity index (χ0n) is 11.0. The van der Waals surface area contributed by atoms with Crippen molar-refractivity contribution in [3.05, 3.63) is 35.0 Å². The van der Waals surface area contributed by atoms with Crippen LogP contribution in [0.3, 0.4) is 0 Å². The van der Waals surface area contributed by atoms with Crippen LogP contribution in [0.5, 0.6) is 0 Å². The lowest BCUT2D eigenvalue weighted by molar-refractivity contribution is 0.0899. The maximum Gasteiger partial charge on any atom is 0.261 e. The molecule has 1 N–H and O–H groups in total. The van der Waals surface area contributed by atoms with Gasteiger partial charge in [0.2, 0.25) is 0 Å². The van der Waals surface area contributed by atoms with E-state index in [0.29, 0.717) is 11.5 Å². The number of rotatable bonds is 6. The van der Waals surface area contributed by atoms with Gasteiger partial charge >= 0.3 is 0 Å². The second kappa shape index (κ2) is 7.15. The molecule has 0 saturated carbocycles. The molecule has 3 nitrogen and oxygen atoms in total. The van der Waals surface area contributed by atoms with Gasteiger partial charge < -0.3 is 10.1 Å². The summed E-state index contributed by atoms with van der Waals surface area (Å²) in [6, 6.07) is 6.28. The van der Waals surface area contributed by atoms with Crippen molar-refractivity contribution in [2.45, 2.75) is 12.5 Å². The minimum atomic E-state index is -0.289. The summed E-state index contributed by atoms with van der Waals surface area (Å²) in [4.78, 5) is 12.8. The number of carbonyl (C=O) groups is 1. The van der Waals surface area contributed by atoms with E-state index in [-0.39, 0.29) is 17.8 Å². The third-order valence-electron chi connectivity index (χ3n) is 2.87. The molecule has 1 amide bonds. The number of halogens is 2. The van der Waals surface area contributed by atoms with E-state index in [2.05, 4.69) is 21.2 Å². The van der Waals surface area contributed by atoms with Gasteiger partial charge in [0.15, 0.2) is 0 Å². The van der Waals surface area contributed by atoms with Crippen LogP contribution in [0.2, 0.25) is 0 Å². The molecule has 0 fully saturated rings. The molecule has 0 spiro atoms. The van der Waals surface area contributed by atoms with Crippen molar-refractivity contribution in [3.63, 3.8) is 0 Å². The normalized spacial score (nSPS) is 12.6. The van der Waals surface area contributed by atoms with Gasteiger partial charge in [0, 0.05) is 17.1 Å². The molecule has 2 aromatic rings. The van der Waals surface area contributed by atoms with E-state index in [9.17, 15) is 9.18 Å². The molecule has 2 rings (SSSR count). The van der Waals surface area contributed by atoms with Gasteiger partial charge in [-0.05, 0) is 30.0 Å². The van der Waals surface area contributed by atoms with Crippen molar-refractivity contribution in [1.82, 2.24) is 5.32 Å². The fourth-order valence-electron chi connectivity index (χ4n) is 1.90. The number of fused-ring (bicyclic) bond motifs is 1. The fraction of sp³-hybridized carbons (Fsp3) is 0.357. The maximum absolute atomic E-state index is 13.1. The molecule has 1 heterocycles. The Hall–Kier alpha value is -0.980. The highest BCUT2D eigenvalue weighted by molar-refractivity contribution is 9.09. The largest absolute Gasteiger partial charge is 0.383 e. The molecule has 0 aliphatic rings. The van der Waals surface area contributed by atoms with Crippen LogP contribution in [0.25, 0.3) is 10.1 Å². The quantitative estimate of drug-likeness (QED) is 0.800. The average molecular weight is 360 g/mol. The van der Waals surface area contributed by atoms with E-state index in [1.165, 1.54) is 23.5 Å². The minimum Gasteiger partial charge on any atom is -0.383 e. The van der Waals surface area contributed by atoms with Gasteiger partial charge in [-0.15, -0.1) is 11.3 Å². The summed E-state index contributed by atoms with van der Waals surface area (Å²) >= 11 is 4.65. The number of amides is 1. The molecule has 0 aliphatic heterocycles. The molecule has 1 aromatic carbocycles. The second-order valence-electron chi connectivity index (χ2n) is 4.40. The summed E-state index contributed by atoms with van der Waals surface area (Å²) in [7, 11) is 1.61. The molecule has 0 radical (unpaired) electrons. The van der Waals surface area contributed by atoms with Gasteiger partial charge in [0.05, 0.1) is 17.5 Å². The number of alkyl halides is 1. The Morgan fingerprint density at radius 3 is 3.00 bits per heavy atom. The van der Waals surface area contributed by atoms with E-state index in [0.717, 1.165) is 21.8 Å². The first-order valence-corrected chi connectivity index (χ1v) is 8.12. The number of thiophene rings is 1. The van der Waals surface area contributed by atoms with Gasteiger partial charge in [0.25, 0.3) is 5.91 Å². The Bertz CT molecular complexity index is 596. The lowest BCUT2D eigenvalue weighted by atomic mass is 10.2. The van der Waals surface area contributed by atoms with Gasteiger partial charge in [-0.1, -0.05) is 22.0 Å². The molecule has 6 heteroatoms. The molecule has 0 aliphatic carbocycles. The van der Waals surface area contributed by atoms with Crippen LogP contribution in [0, 0.1) is 5.82 Å². The van der Waals surface area contributed by atoms with Crippen LogP contribution in [-0.4, -0.2) is 31.0 Å². The summed E-state index contributed by atoms with van der Waals surface area (Å²) in [5, 5.41) is 4.60. The maximum atomic E-state index is 13.1. The first-order chi connectivity index (χ1) is 9.63. The van der Waals surface area contributed by atoms with Crippen LogP contribution < -0.4 is 5.32 Å². The number of ether oxygens (including phenoxy) is 1. The Balaban J connectivity index is 2.13. The molecule has 20 heavy (non-hydrogen) atoms. The summed E-state index contributed by atoms with van der Waals surface area (Å²) in [6.45, 7) is 0.469. The average Bonchev–Trinajstić information content (AvgIpc) is 2.82. The minimum absolute atomic E-state index is 0.0335. The summed E-state index contributed by atoms with van der Waals surface area (Å²) in [6.07, 6.45) is 0.791. The predicted molar refractivity (Wildman–Crippen MR) is 83.3 cm³/mol. The molecule has 1 aromatic heterocycles. The zero-order chi connectivity index (χ0) is 14.5. The van der Waals surface area contributed by atoms with Crippen molar-refractivity contribution in [3.8, 4) is 0 Å². The van der Waals surface area contributed by atoms with E-state index in [4.69, 9.17) is 4.74 Å². The number of nitrogens with one attached hydrogen (secondary N) is 1. The van der Waals surface area contributed by atoms with Crippen molar-refractivity contribution in [1.29, 1.82) is 0 Å². The van der Waals surface area contributed by atoms with Crippen molar-refractivity contribution >= 4 is 43.3 Å². The third kappa shape index (κ3) is 3.77. The van der Waals surface area contributed by atoms with Gasteiger partial charge in [-0.2, -0.15) is 0 Å². The monoisotopic (exact) mass is 359 g/mol. The summed E-state index contributed by atoms with van der Waals surface area (Å²) in [5.41, 5.74) is 0. The first kappa shape index (κ1) is 15.4. The van der Waals surface area contributed by atoms with Crippen LogP contribution in [0.15, 0.2) is 24.3 Å². The highest BCUT2D eigenvalue weighted by Gasteiger charge is 2.15. The van der Waals surface area contributed by atoms with Crippen LogP contribution in [0.4, 0.5) is 4.39 Å². The molecular formula is C14H15BrFNO2S. The van der Waals surface area contributed by atoms with Crippen molar-refractivity contribution < 1.29 is 13.9 Å². The molecule has 0 bridgehead atoms. The van der Waals surface area contributed by atoms with Gasteiger partial charge in [-0.3, -0.25) is 4.79 Å². The number of hydrogen-bond acceptors (Lipinski definition) is 3. The number of methoxy groups -OCH3 is 1. The van der Waals surface area contributed by atoms with Crippen LogP contribution in [-0.2, 0) is 4.74 Å². The highest BCUT2D eigenvalue weighted by Crippen LogP contribution is 2.26. The van der Waals surface area contributed by atoms with Gasteiger partial charge in [0.1, 0.15) is 5.82 Å². The van der Waals surface area contributed by atoms with Crippen LogP contribution in [0.1, 0.15) is 16.1 Å². The van der Waals surface area contributed by atoms with Crippen molar-refractivity contribution in [2.75, 3.05) is 19.0 Å². The fourth-order valence-corrected chi connectivity index (χ4v) is 3.45. The van der Waals surface area contributed by atoms with Crippen molar-refractivity contribution in [2.24, 2.45) is 0 Å². The van der Waals surface area contributed by atoms with Crippen LogP contribution >= 0.6 is 27.3 Å². The Kier molecular flexibility index (Phi) is 5.51. The third-order valence-corrected chi connectivity index (χ3v) is 4.42. The second-order valence-corrected chi connectivity index (χ2v) is 6.27. The summed E-state index contributed by atoms with van der Waals surface area (Å²) in [5.74, 6) is -0.433. The number of hydrogen-bond donors (Lipinski definition) is 1. The lowest BCUT2D eigenvalue weighted by Crippen LogP contribution is -2.37. The smallest absolute Gasteiger partial charge is 0.261 e. The predicted octanol–water partition coefficient (Wildman–Crippen LogP) is 3.57. The SMILES string of the molecule is COCC(CCBr)NC(=O)c1cc2ccc(F)cc2s1. The Morgan fingerprint density at radius 2 is 2.30 bits per heavy atom. The molecular weight excluding hydrogens is 345 g/mol. The standard InChI is InChI=1S/C14H15BrFNO2S/c1-19-8-11(4-5-15)17-14(18)13-6-9-2-3-10(16)7-12(9)20-13/h2-3,6-7,11H,4-5,8H2,1H3,(H,17,18). The van der Waals surface area contributed by atoms with E-state index < -0.39 is 0 Å². The first-order valence-electron chi connectivity index (χ1n) is 6.19. The topological polar surface area (TPSA) is 38.3 Å². The highest BCUT2D eigenvalue weighted by atomic mass is 79.9. The van der Waals surface area contributed by atoms with E-state index in [1.807, 2.05) is 0 Å².